The molecular weight excluding hydrogens is 294 g/mol. The molecule has 0 amide bonds. The van der Waals surface area contributed by atoms with Crippen LogP contribution in [0.2, 0.25) is 0 Å². The maximum absolute atomic E-state index is 11.2. The van der Waals surface area contributed by atoms with Gasteiger partial charge in [-0.2, -0.15) is 0 Å². The fraction of sp³-hybridized carbons (Fsp3) is 0. The van der Waals surface area contributed by atoms with E-state index in [2.05, 4.69) is 22.0 Å². The Kier molecular flexibility index (Phi) is 2.47. The van der Waals surface area contributed by atoms with Crippen LogP contribution in [-0.4, -0.2) is 4.92 Å². The third-order valence-electron chi connectivity index (χ3n) is 2.96. The minimum atomic E-state index is -0.348. The molecular formula is C14H7BrNO2+. The summed E-state index contributed by atoms with van der Waals surface area (Å²) >= 11 is 3.34. The van der Waals surface area contributed by atoms with E-state index in [4.69, 9.17) is 0 Å². The number of nitrogens with zero attached hydrogens (tertiary/aromatic N) is 1. The van der Waals surface area contributed by atoms with Crippen LogP contribution in [0.15, 0.2) is 34.8 Å². The fourth-order valence-corrected chi connectivity index (χ4v) is 2.88. The highest BCUT2D eigenvalue weighted by Crippen LogP contribution is 2.41. The van der Waals surface area contributed by atoms with Gasteiger partial charge in [0.1, 0.15) is 23.3 Å². The topological polar surface area (TPSA) is 43.1 Å². The molecule has 4 heteroatoms. The van der Waals surface area contributed by atoms with E-state index in [1.165, 1.54) is 0 Å². The first-order valence-electron chi connectivity index (χ1n) is 5.34. The van der Waals surface area contributed by atoms with E-state index >= 15 is 0 Å². The van der Waals surface area contributed by atoms with Crippen LogP contribution >= 0.6 is 15.9 Å². The molecule has 2 aromatic rings. The number of hydrogen-bond acceptors (Lipinski definition) is 2. The molecule has 0 atom stereocenters. The average Bonchev–Trinajstić information content (AvgIpc) is 2.39. The van der Waals surface area contributed by atoms with Crippen LogP contribution in [0.3, 0.4) is 0 Å². The van der Waals surface area contributed by atoms with E-state index in [1.807, 2.05) is 30.4 Å². The highest BCUT2D eigenvalue weighted by atomic mass is 79.9. The minimum Gasteiger partial charge on any atom is -0.258 e. The molecule has 3 rings (SSSR count). The minimum absolute atomic E-state index is 0.109. The number of allylic oxidation sites excluding steroid dienone is 2. The van der Waals surface area contributed by atoms with Crippen molar-refractivity contribution in [1.29, 1.82) is 0 Å². The Hall–Kier alpha value is -2.03. The van der Waals surface area contributed by atoms with Crippen molar-refractivity contribution in [3.05, 3.63) is 62.1 Å². The number of benzene rings is 2. The summed E-state index contributed by atoms with van der Waals surface area (Å²) in [7, 11) is 0. The Balaban J connectivity index is 2.57. The van der Waals surface area contributed by atoms with Crippen LogP contribution in [0.1, 0.15) is 11.1 Å². The summed E-state index contributed by atoms with van der Waals surface area (Å²) in [6, 6.07) is 7.37. The van der Waals surface area contributed by atoms with Crippen molar-refractivity contribution in [2.45, 2.75) is 0 Å². The third-order valence-corrected chi connectivity index (χ3v) is 3.77. The first-order chi connectivity index (χ1) is 8.70. The van der Waals surface area contributed by atoms with Crippen molar-refractivity contribution in [1.82, 2.24) is 0 Å². The van der Waals surface area contributed by atoms with Gasteiger partial charge < -0.3 is 0 Å². The van der Waals surface area contributed by atoms with Crippen LogP contribution in [0, 0.1) is 16.2 Å². The highest BCUT2D eigenvalue weighted by molar-refractivity contribution is 9.10. The monoisotopic (exact) mass is 300 g/mol. The van der Waals surface area contributed by atoms with Gasteiger partial charge in [-0.1, -0.05) is 18.2 Å². The second-order valence-corrected chi connectivity index (χ2v) is 4.73. The van der Waals surface area contributed by atoms with Crippen LogP contribution in [0.4, 0.5) is 5.69 Å². The number of nitro benzene ring substituents is 1. The molecule has 0 N–H and O–H groups in total. The van der Waals surface area contributed by atoms with E-state index in [-0.39, 0.29) is 10.6 Å². The Labute approximate surface area is 112 Å². The van der Waals surface area contributed by atoms with Gasteiger partial charge >= 0.3 is 5.69 Å². The Morgan fingerprint density at radius 2 is 1.89 bits per heavy atom. The number of halogens is 1. The summed E-state index contributed by atoms with van der Waals surface area (Å²) in [6.07, 6.45) is 8.45. The Morgan fingerprint density at radius 3 is 2.61 bits per heavy atom. The van der Waals surface area contributed by atoms with Gasteiger partial charge in [-0.05, 0) is 22.0 Å². The molecule has 0 fully saturated rings. The lowest BCUT2D eigenvalue weighted by Gasteiger charge is -2.06. The predicted octanol–water partition coefficient (Wildman–Crippen LogP) is 4.35. The molecule has 2 aromatic carbocycles. The molecule has 0 spiro atoms. The smallest absolute Gasteiger partial charge is 0.258 e. The van der Waals surface area contributed by atoms with Crippen LogP contribution in [0.5, 0.6) is 0 Å². The lowest BCUT2D eigenvalue weighted by atomic mass is 9.94. The van der Waals surface area contributed by atoms with E-state index in [1.54, 1.807) is 12.1 Å². The maximum atomic E-state index is 11.2. The number of fused-ring (bicyclic) bond motifs is 3. The second-order valence-electron chi connectivity index (χ2n) is 3.94. The standard InChI is InChI=1S/C14H7BrNO2/c15-13-11-7-3-1-5-9(11)10-6-2-4-8-12(10)14(13)16(17)18/h1-2,4-8H/q+1. The van der Waals surface area contributed by atoms with Gasteiger partial charge in [0, 0.05) is 11.5 Å². The normalized spacial score (nSPS) is 12.3. The summed E-state index contributed by atoms with van der Waals surface area (Å²) in [4.78, 5) is 10.9. The summed E-state index contributed by atoms with van der Waals surface area (Å²) < 4.78 is 0.512. The molecule has 0 aliphatic heterocycles. The van der Waals surface area contributed by atoms with Gasteiger partial charge in [-0.15, -0.1) is 0 Å². The quantitative estimate of drug-likeness (QED) is 0.446. The van der Waals surface area contributed by atoms with Crippen LogP contribution in [-0.2, 0) is 0 Å². The van der Waals surface area contributed by atoms with E-state index in [9.17, 15) is 10.1 Å². The van der Waals surface area contributed by atoms with Gasteiger partial charge in [0.2, 0.25) is 0 Å². The van der Waals surface area contributed by atoms with E-state index in [0.717, 1.165) is 16.5 Å². The van der Waals surface area contributed by atoms with Gasteiger partial charge in [-0.25, -0.2) is 0 Å². The lowest BCUT2D eigenvalue weighted by molar-refractivity contribution is -0.383. The van der Waals surface area contributed by atoms with Crippen LogP contribution < -0.4 is 0 Å². The van der Waals surface area contributed by atoms with E-state index in [0.29, 0.717) is 9.86 Å². The first-order valence-corrected chi connectivity index (χ1v) is 6.14. The van der Waals surface area contributed by atoms with Gasteiger partial charge in [0.25, 0.3) is 0 Å². The molecule has 86 valence electrons. The van der Waals surface area contributed by atoms with Crippen molar-refractivity contribution in [3.8, 4) is 0 Å². The number of hydrogen-bond donors (Lipinski definition) is 0. The summed E-state index contributed by atoms with van der Waals surface area (Å²) in [5.74, 6) is 0. The number of nitro groups is 1. The van der Waals surface area contributed by atoms with Crippen molar-refractivity contribution in [3.63, 3.8) is 0 Å². The van der Waals surface area contributed by atoms with Crippen LogP contribution in [0.25, 0.3) is 22.9 Å². The Morgan fingerprint density at radius 1 is 1.17 bits per heavy atom. The zero-order valence-electron chi connectivity index (χ0n) is 9.18. The van der Waals surface area contributed by atoms with Gasteiger partial charge in [-0.3, -0.25) is 10.1 Å². The second kappa shape index (κ2) is 4.02. The average molecular weight is 301 g/mol. The van der Waals surface area contributed by atoms with Gasteiger partial charge in [0.05, 0.1) is 16.4 Å². The molecule has 0 saturated heterocycles. The molecule has 1 aliphatic rings. The molecule has 3 nitrogen and oxygen atoms in total. The maximum Gasteiger partial charge on any atom is 0.305 e. The molecule has 0 bridgehead atoms. The zero-order chi connectivity index (χ0) is 12.7. The van der Waals surface area contributed by atoms with Gasteiger partial charge in [0.15, 0.2) is 4.47 Å². The molecule has 0 unspecified atom stereocenters. The Bertz CT molecular complexity index is 732. The fourth-order valence-electron chi connectivity index (χ4n) is 2.20. The number of rotatable bonds is 1. The van der Waals surface area contributed by atoms with Crippen molar-refractivity contribution >= 4 is 44.5 Å². The van der Waals surface area contributed by atoms with Crippen molar-refractivity contribution in [2.24, 2.45) is 0 Å². The lowest BCUT2D eigenvalue weighted by Crippen LogP contribution is -1.97. The first kappa shape index (κ1) is 11.1. The van der Waals surface area contributed by atoms with Crippen molar-refractivity contribution in [2.75, 3.05) is 0 Å². The summed E-state index contributed by atoms with van der Waals surface area (Å²) in [5.41, 5.74) is 1.91. The molecule has 1 aliphatic carbocycles. The molecule has 0 radical (unpaired) electrons. The largest absolute Gasteiger partial charge is 0.305 e. The summed E-state index contributed by atoms with van der Waals surface area (Å²) in [6.45, 7) is 0. The van der Waals surface area contributed by atoms with E-state index < -0.39 is 0 Å². The predicted molar refractivity (Wildman–Crippen MR) is 75.0 cm³/mol. The highest BCUT2D eigenvalue weighted by Gasteiger charge is 2.28. The third kappa shape index (κ3) is 1.47. The van der Waals surface area contributed by atoms with Crippen molar-refractivity contribution < 1.29 is 4.92 Å². The molecule has 0 saturated carbocycles. The SMILES string of the molecule is O=[N+]([O-])c1c(Br)c2c(c3ccccc13)C=C[C+]=C2. The molecule has 18 heavy (non-hydrogen) atoms. The molecule has 0 heterocycles. The molecule has 0 aromatic heterocycles. The zero-order valence-corrected chi connectivity index (χ0v) is 10.8. The summed E-state index contributed by atoms with van der Waals surface area (Å²) in [5, 5.41) is 12.8.